The van der Waals surface area contributed by atoms with Gasteiger partial charge in [-0.15, -0.1) is 0 Å². The highest BCUT2D eigenvalue weighted by atomic mass is 16.5. The normalized spacial score (nSPS) is 20.9. The number of hydrogen-bond acceptors (Lipinski definition) is 3. The number of ether oxygens (including phenoxy) is 1. The van der Waals surface area contributed by atoms with Crippen LogP contribution in [0.25, 0.3) is 0 Å². The molecule has 0 aromatic heterocycles. The highest BCUT2D eigenvalue weighted by Crippen LogP contribution is 2.13. The summed E-state index contributed by atoms with van der Waals surface area (Å²) in [5.41, 5.74) is 0. The van der Waals surface area contributed by atoms with Crippen molar-refractivity contribution in [2.24, 2.45) is 0 Å². The summed E-state index contributed by atoms with van der Waals surface area (Å²) in [7, 11) is 1.65. The van der Waals surface area contributed by atoms with E-state index in [9.17, 15) is 9.59 Å². The smallest absolute Gasteiger partial charge is 0.328 e. The van der Waals surface area contributed by atoms with E-state index in [0.717, 1.165) is 38.0 Å². The van der Waals surface area contributed by atoms with Crippen LogP contribution in [0.4, 0.5) is 0 Å². The topological polar surface area (TPSA) is 66.8 Å². The lowest BCUT2D eigenvalue weighted by molar-refractivity contribution is -0.132. The van der Waals surface area contributed by atoms with Crippen LogP contribution in [0.3, 0.4) is 0 Å². The molecule has 0 aromatic carbocycles. The van der Waals surface area contributed by atoms with Gasteiger partial charge in [-0.3, -0.25) is 4.79 Å². The van der Waals surface area contributed by atoms with Crippen LogP contribution in [0.15, 0.2) is 12.2 Å². The molecular formula is C11H17NO4. The molecule has 1 amide bonds. The van der Waals surface area contributed by atoms with Gasteiger partial charge in [0, 0.05) is 32.4 Å². The third-order valence-electron chi connectivity index (χ3n) is 2.50. The highest BCUT2D eigenvalue weighted by molar-refractivity contribution is 5.93. The van der Waals surface area contributed by atoms with E-state index in [0.29, 0.717) is 6.54 Å². The molecule has 1 heterocycles. The summed E-state index contributed by atoms with van der Waals surface area (Å²) in [4.78, 5) is 23.2. The minimum atomic E-state index is -1.12. The van der Waals surface area contributed by atoms with Gasteiger partial charge >= 0.3 is 5.97 Å². The molecule has 90 valence electrons. The van der Waals surface area contributed by atoms with Gasteiger partial charge in [-0.25, -0.2) is 4.79 Å². The molecule has 5 heteroatoms. The van der Waals surface area contributed by atoms with E-state index in [1.807, 2.05) is 0 Å². The number of hydrogen-bond donors (Lipinski definition) is 1. The fraction of sp³-hybridized carbons (Fsp3) is 0.636. The Morgan fingerprint density at radius 3 is 2.75 bits per heavy atom. The van der Waals surface area contributed by atoms with E-state index in [1.165, 1.54) is 4.90 Å². The number of carboxylic acids is 1. The summed E-state index contributed by atoms with van der Waals surface area (Å²) in [5.74, 6) is -1.42. The maximum absolute atomic E-state index is 11.4. The van der Waals surface area contributed by atoms with Gasteiger partial charge in [0.25, 0.3) is 0 Å². The Labute approximate surface area is 94.7 Å². The first-order valence-corrected chi connectivity index (χ1v) is 5.37. The zero-order valence-corrected chi connectivity index (χ0v) is 9.39. The van der Waals surface area contributed by atoms with E-state index >= 15 is 0 Å². The van der Waals surface area contributed by atoms with Crippen LogP contribution in [0.2, 0.25) is 0 Å². The van der Waals surface area contributed by atoms with Gasteiger partial charge in [-0.2, -0.15) is 0 Å². The first-order valence-electron chi connectivity index (χ1n) is 5.37. The predicted molar refractivity (Wildman–Crippen MR) is 58.0 cm³/mol. The van der Waals surface area contributed by atoms with Crippen molar-refractivity contribution in [3.05, 3.63) is 12.2 Å². The molecule has 0 spiro atoms. The third kappa shape index (κ3) is 4.44. The van der Waals surface area contributed by atoms with Gasteiger partial charge in [0.1, 0.15) is 0 Å². The Hall–Kier alpha value is -1.36. The lowest BCUT2D eigenvalue weighted by atomic mass is 10.1. The largest absolute Gasteiger partial charge is 0.478 e. The van der Waals surface area contributed by atoms with Crippen molar-refractivity contribution in [1.82, 2.24) is 4.90 Å². The first kappa shape index (κ1) is 12.7. The third-order valence-corrected chi connectivity index (χ3v) is 2.50. The van der Waals surface area contributed by atoms with Crippen LogP contribution in [0.5, 0.6) is 0 Å². The van der Waals surface area contributed by atoms with Crippen molar-refractivity contribution in [2.45, 2.75) is 25.4 Å². The number of rotatable bonds is 4. The van der Waals surface area contributed by atoms with Gasteiger partial charge in [-0.05, 0) is 19.3 Å². The fourth-order valence-electron chi connectivity index (χ4n) is 1.62. The highest BCUT2D eigenvalue weighted by Gasteiger charge is 2.17. The van der Waals surface area contributed by atoms with Crippen LogP contribution in [0.1, 0.15) is 19.3 Å². The summed E-state index contributed by atoms with van der Waals surface area (Å²) < 4.78 is 5.49. The van der Waals surface area contributed by atoms with Gasteiger partial charge in [0.05, 0.1) is 6.10 Å². The Kier molecular flexibility index (Phi) is 4.98. The minimum absolute atomic E-state index is 0.0842. The molecule has 0 radical (unpaired) electrons. The molecule has 5 nitrogen and oxygen atoms in total. The number of carboxylic acid groups (broad SMARTS) is 1. The number of aliphatic carboxylic acids is 1. The second-order valence-electron chi connectivity index (χ2n) is 3.88. The van der Waals surface area contributed by atoms with Gasteiger partial charge in [-0.1, -0.05) is 0 Å². The maximum Gasteiger partial charge on any atom is 0.328 e. The molecule has 0 aromatic rings. The molecule has 0 aliphatic carbocycles. The lowest BCUT2D eigenvalue weighted by Crippen LogP contribution is -2.36. The Morgan fingerprint density at radius 2 is 2.19 bits per heavy atom. The molecular weight excluding hydrogens is 210 g/mol. The molecule has 1 rings (SSSR count). The van der Waals surface area contributed by atoms with Crippen LogP contribution in [-0.2, 0) is 14.3 Å². The average molecular weight is 227 g/mol. The Balaban J connectivity index is 2.35. The van der Waals surface area contributed by atoms with E-state index in [-0.39, 0.29) is 12.0 Å². The molecule has 1 atom stereocenters. The van der Waals surface area contributed by atoms with Crippen molar-refractivity contribution in [3.8, 4) is 0 Å². The summed E-state index contributed by atoms with van der Waals surface area (Å²) in [6.07, 6.45) is 5.15. The summed E-state index contributed by atoms with van der Waals surface area (Å²) in [5, 5.41) is 8.38. The van der Waals surface area contributed by atoms with E-state index in [1.54, 1.807) is 7.05 Å². The van der Waals surface area contributed by atoms with E-state index in [4.69, 9.17) is 9.84 Å². The fourth-order valence-corrected chi connectivity index (χ4v) is 1.62. The zero-order chi connectivity index (χ0) is 12.0. The number of likely N-dealkylation sites (N-methyl/N-ethyl adjacent to an activating group) is 1. The summed E-state index contributed by atoms with van der Waals surface area (Å²) in [6.45, 7) is 1.26. The van der Waals surface area contributed by atoms with Crippen molar-refractivity contribution in [1.29, 1.82) is 0 Å². The molecule has 0 saturated carbocycles. The molecule has 1 unspecified atom stereocenters. The van der Waals surface area contributed by atoms with Crippen LogP contribution < -0.4 is 0 Å². The molecule has 0 bridgehead atoms. The molecule has 16 heavy (non-hydrogen) atoms. The predicted octanol–water partition coefficient (Wildman–Crippen LogP) is 0.655. The molecule has 1 N–H and O–H groups in total. The molecule has 1 saturated heterocycles. The number of nitrogens with zero attached hydrogens (tertiary/aromatic N) is 1. The van der Waals surface area contributed by atoms with Crippen LogP contribution in [-0.4, -0.2) is 48.2 Å². The first-order chi connectivity index (χ1) is 7.59. The van der Waals surface area contributed by atoms with Gasteiger partial charge < -0.3 is 14.7 Å². The van der Waals surface area contributed by atoms with Crippen molar-refractivity contribution in [3.63, 3.8) is 0 Å². The summed E-state index contributed by atoms with van der Waals surface area (Å²) >= 11 is 0. The number of carbonyl (C=O) groups excluding carboxylic acids is 1. The second kappa shape index (κ2) is 6.27. The monoisotopic (exact) mass is 227 g/mol. The quantitative estimate of drug-likeness (QED) is 0.716. The standard InChI is InChI=1S/C11H17NO4/c1-12(10(13)5-6-11(14)15)8-9-4-2-3-7-16-9/h5-6,9H,2-4,7-8H2,1H3,(H,14,15). The van der Waals surface area contributed by atoms with Crippen LogP contribution in [0, 0.1) is 0 Å². The van der Waals surface area contributed by atoms with Crippen LogP contribution >= 0.6 is 0 Å². The van der Waals surface area contributed by atoms with Gasteiger partial charge in [0.15, 0.2) is 0 Å². The zero-order valence-electron chi connectivity index (χ0n) is 9.39. The van der Waals surface area contributed by atoms with Crippen molar-refractivity contribution >= 4 is 11.9 Å². The number of carbonyl (C=O) groups is 2. The van der Waals surface area contributed by atoms with E-state index in [2.05, 4.69) is 0 Å². The SMILES string of the molecule is CN(CC1CCCCO1)C(=O)C=CC(=O)O. The molecule has 1 aliphatic rings. The second-order valence-corrected chi connectivity index (χ2v) is 3.88. The Morgan fingerprint density at radius 1 is 1.44 bits per heavy atom. The average Bonchev–Trinajstić information content (AvgIpc) is 2.27. The summed E-state index contributed by atoms with van der Waals surface area (Å²) in [6, 6.07) is 0. The maximum atomic E-state index is 11.4. The Bertz CT molecular complexity index is 282. The lowest BCUT2D eigenvalue weighted by Gasteiger charge is -2.26. The molecule has 1 aliphatic heterocycles. The van der Waals surface area contributed by atoms with Gasteiger partial charge in [0.2, 0.25) is 5.91 Å². The van der Waals surface area contributed by atoms with Crippen molar-refractivity contribution in [2.75, 3.05) is 20.2 Å². The molecule has 1 fully saturated rings. The van der Waals surface area contributed by atoms with E-state index < -0.39 is 5.97 Å². The van der Waals surface area contributed by atoms with Crippen molar-refractivity contribution < 1.29 is 19.4 Å². The number of amides is 1. The minimum Gasteiger partial charge on any atom is -0.478 e.